The average molecular weight is 486 g/mol. The molecule has 1 amide bonds. The zero-order chi connectivity index (χ0) is 18.6. The maximum Gasteiger partial charge on any atom is 0.272 e. The van der Waals surface area contributed by atoms with Gasteiger partial charge >= 0.3 is 0 Å². The van der Waals surface area contributed by atoms with E-state index in [1.54, 1.807) is 13.1 Å². The molecule has 0 aliphatic heterocycles. The van der Waals surface area contributed by atoms with E-state index < -0.39 is 11.0 Å². The quantitative estimate of drug-likeness (QED) is 0.490. The van der Waals surface area contributed by atoms with Gasteiger partial charge in [-0.25, -0.2) is 0 Å². The van der Waals surface area contributed by atoms with Crippen LogP contribution in [0.3, 0.4) is 0 Å². The molecule has 0 bridgehead atoms. The van der Waals surface area contributed by atoms with Crippen LogP contribution in [0.25, 0.3) is 10.9 Å². The Hall–Kier alpha value is -1.23. The molecule has 1 atom stereocenters. The van der Waals surface area contributed by atoms with Gasteiger partial charge in [0.25, 0.3) is 5.91 Å². The number of rotatable bonds is 5. The van der Waals surface area contributed by atoms with Crippen molar-refractivity contribution in [3.8, 4) is 17.6 Å². The topological polar surface area (TPSA) is 51.2 Å². The first-order valence-electron chi connectivity index (χ1n) is 7.46. The molecule has 0 aliphatic carbocycles. The maximum atomic E-state index is 12.5. The maximum absolute atomic E-state index is 12.5. The van der Waals surface area contributed by atoms with Crippen LogP contribution in [-0.2, 0) is 4.79 Å². The van der Waals surface area contributed by atoms with Crippen LogP contribution < -0.4 is 10.1 Å². The minimum atomic E-state index is -0.678. The third-order valence-electron chi connectivity index (χ3n) is 3.22. The largest absolute Gasteiger partial charge is 0.470 e. The Kier molecular flexibility index (Phi) is 6.78. The highest BCUT2D eigenvalue weighted by Crippen LogP contribution is 2.31. The fourth-order valence-corrected chi connectivity index (χ4v) is 3.65. The minimum Gasteiger partial charge on any atom is -0.470 e. The van der Waals surface area contributed by atoms with Gasteiger partial charge in [0.15, 0.2) is 0 Å². The second-order valence-corrected chi connectivity index (χ2v) is 8.47. The van der Waals surface area contributed by atoms with Crippen molar-refractivity contribution < 1.29 is 9.53 Å². The summed E-state index contributed by atoms with van der Waals surface area (Å²) in [5.41, 5.74) is -0.454. The molecule has 1 N–H and O–H groups in total. The van der Waals surface area contributed by atoms with Gasteiger partial charge in [-0.1, -0.05) is 5.92 Å². The van der Waals surface area contributed by atoms with E-state index in [0.29, 0.717) is 5.75 Å². The summed E-state index contributed by atoms with van der Waals surface area (Å²) in [5.74, 6) is 6.16. The van der Waals surface area contributed by atoms with Crippen LogP contribution >= 0.6 is 43.6 Å². The number of amides is 1. The summed E-state index contributed by atoms with van der Waals surface area (Å²) in [6, 6.07) is 5.64. The Morgan fingerprint density at radius 2 is 2.08 bits per heavy atom. The lowest BCUT2D eigenvalue weighted by Gasteiger charge is -2.24. The van der Waals surface area contributed by atoms with Crippen molar-refractivity contribution in [1.82, 2.24) is 10.3 Å². The molecule has 0 spiro atoms. The zero-order valence-corrected chi connectivity index (χ0v) is 18.3. The van der Waals surface area contributed by atoms with Crippen LogP contribution in [0.5, 0.6) is 5.75 Å². The SMILES string of the molecule is CC#CC(C)(C)NC(=O)C(Oc1cc(Br)c2ncc(Br)cc2c1)SC. The number of fused-ring (bicyclic) bond motifs is 1. The van der Waals surface area contributed by atoms with Gasteiger partial charge in [-0.3, -0.25) is 9.78 Å². The molecule has 0 fully saturated rings. The van der Waals surface area contributed by atoms with Crippen molar-refractivity contribution in [3.63, 3.8) is 0 Å². The monoisotopic (exact) mass is 484 g/mol. The smallest absolute Gasteiger partial charge is 0.272 e. The Balaban J connectivity index is 2.24. The summed E-state index contributed by atoms with van der Waals surface area (Å²) in [6.07, 6.45) is 3.57. The van der Waals surface area contributed by atoms with Crippen molar-refractivity contribution in [2.24, 2.45) is 0 Å². The molecule has 0 saturated heterocycles. The lowest BCUT2D eigenvalue weighted by Crippen LogP contribution is -2.47. The van der Waals surface area contributed by atoms with Crippen molar-refractivity contribution in [3.05, 3.63) is 33.3 Å². The highest BCUT2D eigenvalue weighted by molar-refractivity contribution is 9.11. The Morgan fingerprint density at radius 1 is 1.36 bits per heavy atom. The van der Waals surface area contributed by atoms with Crippen LogP contribution in [-0.4, -0.2) is 28.1 Å². The minimum absolute atomic E-state index is 0.219. The molecule has 1 aromatic heterocycles. The number of carbonyl (C=O) groups excluding carboxylic acids is 1. The van der Waals surface area contributed by atoms with E-state index in [4.69, 9.17) is 4.74 Å². The van der Waals surface area contributed by atoms with Crippen molar-refractivity contribution in [2.45, 2.75) is 31.7 Å². The number of nitrogens with one attached hydrogen (secondary N) is 1. The van der Waals surface area contributed by atoms with Crippen LogP contribution in [0.1, 0.15) is 20.8 Å². The molecule has 1 aromatic carbocycles. The van der Waals surface area contributed by atoms with E-state index in [0.717, 1.165) is 19.8 Å². The van der Waals surface area contributed by atoms with Crippen molar-refractivity contribution in [1.29, 1.82) is 0 Å². The second-order valence-electron chi connectivity index (χ2n) is 5.81. The number of hydrogen-bond acceptors (Lipinski definition) is 4. The Bertz CT molecular complexity index is 859. The van der Waals surface area contributed by atoms with Crippen LogP contribution in [0.15, 0.2) is 33.3 Å². The van der Waals surface area contributed by atoms with Gasteiger partial charge in [-0.15, -0.1) is 17.7 Å². The molecule has 25 heavy (non-hydrogen) atoms. The van der Waals surface area contributed by atoms with Gasteiger partial charge in [0.2, 0.25) is 5.44 Å². The first kappa shape index (κ1) is 20.1. The number of hydrogen-bond donors (Lipinski definition) is 1. The van der Waals surface area contributed by atoms with E-state index >= 15 is 0 Å². The van der Waals surface area contributed by atoms with Gasteiger partial charge in [-0.05, 0) is 77.1 Å². The predicted octanol–water partition coefficient (Wildman–Crippen LogP) is 4.75. The normalized spacial score (nSPS) is 12.2. The number of thioether (sulfide) groups is 1. The molecule has 4 nitrogen and oxygen atoms in total. The first-order chi connectivity index (χ1) is 11.8. The molecule has 0 saturated carbocycles. The summed E-state index contributed by atoms with van der Waals surface area (Å²) in [6.45, 7) is 5.46. The standard InChI is InChI=1S/C18H18Br2N2O2S/c1-5-6-18(2,3)22-16(23)17(25-4)24-13-8-11-7-12(19)10-21-15(11)14(20)9-13/h7-10,17H,1-4H3,(H,22,23). The molecule has 2 rings (SSSR count). The number of ether oxygens (including phenoxy) is 1. The number of benzene rings is 1. The zero-order valence-electron chi connectivity index (χ0n) is 14.3. The third kappa shape index (κ3) is 5.37. The molecule has 7 heteroatoms. The highest BCUT2D eigenvalue weighted by atomic mass is 79.9. The van der Waals surface area contributed by atoms with Crippen LogP contribution in [0, 0.1) is 11.8 Å². The molecule has 0 radical (unpaired) electrons. The van der Waals surface area contributed by atoms with Crippen LogP contribution in [0.4, 0.5) is 0 Å². The number of halogens is 2. The first-order valence-corrected chi connectivity index (χ1v) is 10.3. The molecule has 1 unspecified atom stereocenters. The molecule has 132 valence electrons. The van der Waals surface area contributed by atoms with Gasteiger partial charge in [0.1, 0.15) is 5.75 Å². The van der Waals surface area contributed by atoms with Crippen LogP contribution in [0.2, 0.25) is 0 Å². The second kappa shape index (κ2) is 8.43. The number of aromatic nitrogens is 1. The van der Waals surface area contributed by atoms with Gasteiger partial charge < -0.3 is 10.1 Å². The fourth-order valence-electron chi connectivity index (χ4n) is 2.26. The Morgan fingerprint density at radius 3 is 2.72 bits per heavy atom. The number of carbonyl (C=O) groups is 1. The number of pyridine rings is 1. The summed E-state index contributed by atoms with van der Waals surface area (Å²) >= 11 is 8.25. The van der Waals surface area contributed by atoms with E-state index in [1.165, 1.54) is 11.8 Å². The van der Waals surface area contributed by atoms with E-state index in [2.05, 4.69) is 54.0 Å². The summed E-state index contributed by atoms with van der Waals surface area (Å²) < 4.78 is 7.60. The summed E-state index contributed by atoms with van der Waals surface area (Å²) in [5, 5.41) is 3.81. The van der Waals surface area contributed by atoms with Crippen molar-refractivity contribution in [2.75, 3.05) is 6.26 Å². The summed E-state index contributed by atoms with van der Waals surface area (Å²) in [7, 11) is 0. The third-order valence-corrected chi connectivity index (χ3v) is 5.00. The molecule has 0 aliphatic rings. The molecular weight excluding hydrogens is 468 g/mol. The summed E-state index contributed by atoms with van der Waals surface area (Å²) in [4.78, 5) is 16.9. The van der Waals surface area contributed by atoms with Gasteiger partial charge in [0.05, 0.1) is 11.1 Å². The highest BCUT2D eigenvalue weighted by Gasteiger charge is 2.25. The lowest BCUT2D eigenvalue weighted by atomic mass is 10.1. The van der Waals surface area contributed by atoms with E-state index in [9.17, 15) is 4.79 Å². The van der Waals surface area contributed by atoms with E-state index in [1.807, 2.05) is 38.3 Å². The predicted molar refractivity (Wildman–Crippen MR) is 111 cm³/mol. The Labute approximate surface area is 168 Å². The lowest BCUT2D eigenvalue weighted by molar-refractivity contribution is -0.125. The molecule has 1 heterocycles. The molecular formula is C18H18Br2N2O2S. The fraction of sp³-hybridized carbons (Fsp3) is 0.333. The number of nitrogens with zero attached hydrogens (tertiary/aromatic N) is 1. The van der Waals surface area contributed by atoms with Gasteiger partial charge in [-0.2, -0.15) is 0 Å². The van der Waals surface area contributed by atoms with Gasteiger partial charge in [0, 0.05) is 20.5 Å². The molecule has 2 aromatic rings. The average Bonchev–Trinajstić information content (AvgIpc) is 2.51. The van der Waals surface area contributed by atoms with E-state index in [-0.39, 0.29) is 5.91 Å². The van der Waals surface area contributed by atoms with Crippen molar-refractivity contribution >= 4 is 60.4 Å².